The van der Waals surface area contributed by atoms with Crippen LogP contribution < -0.4 is 0 Å². The van der Waals surface area contributed by atoms with Crippen molar-refractivity contribution in [3.05, 3.63) is 29.8 Å². The van der Waals surface area contributed by atoms with Crippen LogP contribution in [-0.2, 0) is 0 Å². The molecule has 0 saturated carbocycles. The molecule has 68 valence electrons. The minimum Gasteiger partial charge on any atom is -0.508 e. The number of nitriles is 1. The first kappa shape index (κ1) is 9.60. The second-order valence-electron chi connectivity index (χ2n) is 3.41. The fraction of sp³-hybridized carbons (Fsp3) is 0.364. The summed E-state index contributed by atoms with van der Waals surface area (Å²) in [7, 11) is 0. The average Bonchev–Trinajstić information content (AvgIpc) is 2.09. The number of hydrogen-bond donors (Lipinski definition) is 1. The summed E-state index contributed by atoms with van der Waals surface area (Å²) in [5, 5.41) is 18.4. The minimum atomic E-state index is -0.221. The third kappa shape index (κ3) is 2.00. The van der Waals surface area contributed by atoms with Gasteiger partial charge in [-0.2, -0.15) is 5.26 Å². The van der Waals surface area contributed by atoms with E-state index in [4.69, 9.17) is 5.26 Å². The summed E-state index contributed by atoms with van der Waals surface area (Å²) in [5.41, 5.74) is 0.722. The molecule has 2 nitrogen and oxygen atoms in total. The van der Waals surface area contributed by atoms with Crippen molar-refractivity contribution < 1.29 is 5.11 Å². The van der Waals surface area contributed by atoms with Crippen molar-refractivity contribution in [2.75, 3.05) is 0 Å². The number of phenolic OH excluding ortho intramolecular Hbond substituents is 1. The molecule has 0 aliphatic rings. The number of phenols is 1. The first-order valence-corrected chi connectivity index (χ1v) is 4.34. The Morgan fingerprint density at radius 1 is 1.31 bits per heavy atom. The first-order valence-electron chi connectivity index (χ1n) is 4.34. The molecule has 0 amide bonds. The van der Waals surface area contributed by atoms with Gasteiger partial charge in [0.1, 0.15) is 5.75 Å². The number of benzene rings is 1. The van der Waals surface area contributed by atoms with Gasteiger partial charge < -0.3 is 5.11 Å². The van der Waals surface area contributed by atoms with E-state index in [1.165, 1.54) is 0 Å². The topological polar surface area (TPSA) is 44.0 Å². The Morgan fingerprint density at radius 3 is 2.38 bits per heavy atom. The molecule has 2 heteroatoms. The van der Waals surface area contributed by atoms with Gasteiger partial charge in [0.05, 0.1) is 12.0 Å². The fourth-order valence-corrected chi connectivity index (χ4v) is 1.33. The van der Waals surface area contributed by atoms with Gasteiger partial charge in [-0.3, -0.25) is 0 Å². The molecule has 0 aliphatic heterocycles. The molecule has 1 N–H and O–H groups in total. The standard InChI is InChI=1S/C11H13NO/c1-8(2)10(7-12)9-5-3-4-6-11(9)13/h3-6,8,10,13H,1-2H3. The molecular weight excluding hydrogens is 162 g/mol. The van der Waals surface area contributed by atoms with Crippen molar-refractivity contribution in [2.45, 2.75) is 19.8 Å². The van der Waals surface area contributed by atoms with E-state index in [-0.39, 0.29) is 17.6 Å². The highest BCUT2D eigenvalue weighted by molar-refractivity contribution is 5.38. The van der Waals surface area contributed by atoms with Crippen molar-refractivity contribution in [3.63, 3.8) is 0 Å². The average molecular weight is 175 g/mol. The summed E-state index contributed by atoms with van der Waals surface area (Å²) in [6, 6.07) is 9.20. The van der Waals surface area contributed by atoms with Crippen molar-refractivity contribution in [3.8, 4) is 11.8 Å². The molecule has 0 radical (unpaired) electrons. The molecule has 1 aromatic rings. The van der Waals surface area contributed by atoms with Gasteiger partial charge in [-0.25, -0.2) is 0 Å². The maximum atomic E-state index is 9.51. The Bertz CT molecular complexity index is 325. The van der Waals surface area contributed by atoms with E-state index >= 15 is 0 Å². The van der Waals surface area contributed by atoms with Gasteiger partial charge in [0, 0.05) is 5.56 Å². The van der Waals surface area contributed by atoms with Crippen LogP contribution in [-0.4, -0.2) is 5.11 Å². The van der Waals surface area contributed by atoms with Crippen molar-refractivity contribution >= 4 is 0 Å². The number of aromatic hydroxyl groups is 1. The van der Waals surface area contributed by atoms with E-state index in [1.807, 2.05) is 19.9 Å². The highest BCUT2D eigenvalue weighted by atomic mass is 16.3. The quantitative estimate of drug-likeness (QED) is 0.750. The Balaban J connectivity index is 3.07. The van der Waals surface area contributed by atoms with Crippen molar-refractivity contribution in [1.82, 2.24) is 0 Å². The van der Waals surface area contributed by atoms with Crippen molar-refractivity contribution in [2.24, 2.45) is 5.92 Å². The zero-order valence-corrected chi connectivity index (χ0v) is 7.86. The maximum absolute atomic E-state index is 9.51. The second-order valence-corrected chi connectivity index (χ2v) is 3.41. The van der Waals surface area contributed by atoms with E-state index in [1.54, 1.807) is 18.2 Å². The van der Waals surface area contributed by atoms with E-state index in [9.17, 15) is 5.11 Å². The van der Waals surface area contributed by atoms with E-state index in [0.29, 0.717) is 0 Å². The molecule has 0 saturated heterocycles. The summed E-state index contributed by atoms with van der Waals surface area (Å²) in [6.07, 6.45) is 0. The zero-order valence-electron chi connectivity index (χ0n) is 7.86. The molecule has 13 heavy (non-hydrogen) atoms. The van der Waals surface area contributed by atoms with Gasteiger partial charge in [-0.05, 0) is 12.0 Å². The van der Waals surface area contributed by atoms with Gasteiger partial charge >= 0.3 is 0 Å². The number of hydrogen-bond acceptors (Lipinski definition) is 2. The Labute approximate surface area is 78.4 Å². The largest absolute Gasteiger partial charge is 0.508 e. The Hall–Kier alpha value is -1.49. The van der Waals surface area contributed by atoms with Crippen LogP contribution in [0.2, 0.25) is 0 Å². The maximum Gasteiger partial charge on any atom is 0.120 e. The second kappa shape index (κ2) is 3.95. The molecular formula is C11H13NO. The smallest absolute Gasteiger partial charge is 0.120 e. The number of para-hydroxylation sites is 1. The molecule has 1 unspecified atom stereocenters. The van der Waals surface area contributed by atoms with Crippen LogP contribution in [0, 0.1) is 17.2 Å². The lowest BCUT2D eigenvalue weighted by atomic mass is 9.89. The highest BCUT2D eigenvalue weighted by Gasteiger charge is 2.17. The molecule has 0 aliphatic carbocycles. The predicted molar refractivity (Wildman–Crippen MR) is 51.3 cm³/mol. The molecule has 0 aromatic heterocycles. The van der Waals surface area contributed by atoms with Crippen LogP contribution in [0.1, 0.15) is 25.3 Å². The summed E-state index contributed by atoms with van der Waals surface area (Å²) in [4.78, 5) is 0. The number of rotatable bonds is 2. The number of nitrogens with zero attached hydrogens (tertiary/aromatic N) is 1. The Morgan fingerprint density at radius 2 is 1.92 bits per heavy atom. The molecule has 1 aromatic carbocycles. The van der Waals surface area contributed by atoms with Gasteiger partial charge in [0.2, 0.25) is 0 Å². The lowest BCUT2D eigenvalue weighted by Gasteiger charge is -2.14. The zero-order chi connectivity index (χ0) is 9.84. The third-order valence-electron chi connectivity index (χ3n) is 2.08. The first-order chi connectivity index (χ1) is 6.16. The molecule has 1 atom stereocenters. The molecule has 0 bridgehead atoms. The van der Waals surface area contributed by atoms with Crippen LogP contribution in [0.4, 0.5) is 0 Å². The summed E-state index contributed by atoms with van der Waals surface area (Å²) in [6.45, 7) is 3.95. The molecule has 1 rings (SSSR count). The van der Waals surface area contributed by atoms with Crippen LogP contribution in [0.5, 0.6) is 5.75 Å². The SMILES string of the molecule is CC(C)C(C#N)c1ccccc1O. The van der Waals surface area contributed by atoms with E-state index < -0.39 is 0 Å². The monoisotopic (exact) mass is 175 g/mol. The predicted octanol–water partition coefficient (Wildman–Crippen LogP) is 2.66. The van der Waals surface area contributed by atoms with E-state index in [0.717, 1.165) is 5.56 Å². The summed E-state index contributed by atoms with van der Waals surface area (Å²) >= 11 is 0. The minimum absolute atomic E-state index is 0.211. The highest BCUT2D eigenvalue weighted by Crippen LogP contribution is 2.30. The normalized spacial score (nSPS) is 12.5. The van der Waals surface area contributed by atoms with Crippen LogP contribution in [0.15, 0.2) is 24.3 Å². The van der Waals surface area contributed by atoms with Gasteiger partial charge in [-0.15, -0.1) is 0 Å². The van der Waals surface area contributed by atoms with Gasteiger partial charge in [0.25, 0.3) is 0 Å². The summed E-state index contributed by atoms with van der Waals surface area (Å²) < 4.78 is 0. The molecule has 0 heterocycles. The van der Waals surface area contributed by atoms with Crippen molar-refractivity contribution in [1.29, 1.82) is 5.26 Å². The molecule has 0 fully saturated rings. The molecule has 0 spiro atoms. The lowest BCUT2D eigenvalue weighted by Crippen LogP contribution is -2.03. The van der Waals surface area contributed by atoms with E-state index in [2.05, 4.69) is 6.07 Å². The van der Waals surface area contributed by atoms with Crippen LogP contribution in [0.25, 0.3) is 0 Å². The van der Waals surface area contributed by atoms with Gasteiger partial charge in [-0.1, -0.05) is 32.0 Å². The van der Waals surface area contributed by atoms with Gasteiger partial charge in [0.15, 0.2) is 0 Å². The Kier molecular flexibility index (Phi) is 2.92. The lowest BCUT2D eigenvalue weighted by molar-refractivity contribution is 0.456. The van der Waals surface area contributed by atoms with Crippen LogP contribution >= 0.6 is 0 Å². The third-order valence-corrected chi connectivity index (χ3v) is 2.08. The van der Waals surface area contributed by atoms with Crippen LogP contribution in [0.3, 0.4) is 0 Å². The fourth-order valence-electron chi connectivity index (χ4n) is 1.33. The summed E-state index contributed by atoms with van der Waals surface area (Å²) in [5.74, 6) is 0.210.